The van der Waals surface area contributed by atoms with Crippen LogP contribution in [0.1, 0.15) is 38.7 Å². The van der Waals surface area contributed by atoms with Gasteiger partial charge in [0.2, 0.25) is 5.91 Å². The van der Waals surface area contributed by atoms with Gasteiger partial charge in [-0.3, -0.25) is 14.4 Å². The molecule has 1 aliphatic heterocycles. The molecular formula is C15H26N4O. The van der Waals surface area contributed by atoms with Gasteiger partial charge < -0.3 is 4.90 Å². The van der Waals surface area contributed by atoms with Crippen molar-refractivity contribution in [2.24, 2.45) is 0 Å². The van der Waals surface area contributed by atoms with Crippen LogP contribution in [0.15, 0.2) is 12.4 Å². The van der Waals surface area contributed by atoms with E-state index in [1.807, 2.05) is 29.7 Å². The first-order valence-electron chi connectivity index (χ1n) is 7.62. The number of carbonyl (C=O) groups is 1. The molecule has 5 heteroatoms. The maximum absolute atomic E-state index is 12.5. The van der Waals surface area contributed by atoms with E-state index in [2.05, 4.69) is 23.1 Å². The van der Waals surface area contributed by atoms with Crippen molar-refractivity contribution in [2.45, 2.75) is 52.2 Å². The molecular weight excluding hydrogens is 252 g/mol. The Labute approximate surface area is 121 Å². The monoisotopic (exact) mass is 278 g/mol. The van der Waals surface area contributed by atoms with Crippen molar-refractivity contribution >= 4 is 5.91 Å². The molecule has 5 nitrogen and oxygen atoms in total. The van der Waals surface area contributed by atoms with Crippen LogP contribution in [0.4, 0.5) is 0 Å². The molecule has 1 atom stereocenters. The number of rotatable bonds is 5. The smallest absolute Gasteiger partial charge is 0.239 e. The van der Waals surface area contributed by atoms with Gasteiger partial charge >= 0.3 is 0 Å². The first-order valence-corrected chi connectivity index (χ1v) is 7.62. The highest BCUT2D eigenvalue weighted by molar-refractivity contribution is 5.81. The molecule has 0 spiro atoms. The van der Waals surface area contributed by atoms with Crippen LogP contribution >= 0.6 is 0 Å². The molecule has 1 saturated heterocycles. The van der Waals surface area contributed by atoms with Crippen molar-refractivity contribution in [1.29, 1.82) is 0 Å². The highest BCUT2D eigenvalue weighted by atomic mass is 16.2. The van der Waals surface area contributed by atoms with E-state index in [0.29, 0.717) is 0 Å². The maximum Gasteiger partial charge on any atom is 0.239 e. The lowest BCUT2D eigenvalue weighted by molar-refractivity contribution is -0.137. The van der Waals surface area contributed by atoms with Gasteiger partial charge in [0.25, 0.3) is 0 Å². The molecule has 2 heterocycles. The zero-order valence-corrected chi connectivity index (χ0v) is 12.9. The van der Waals surface area contributed by atoms with Crippen molar-refractivity contribution < 1.29 is 4.79 Å². The third-order valence-corrected chi connectivity index (χ3v) is 4.13. The third kappa shape index (κ3) is 3.60. The minimum atomic E-state index is -0.0712. The van der Waals surface area contributed by atoms with Crippen LogP contribution in [-0.2, 0) is 17.9 Å². The van der Waals surface area contributed by atoms with Crippen molar-refractivity contribution in [3.05, 3.63) is 18.0 Å². The van der Waals surface area contributed by atoms with Gasteiger partial charge in [-0.25, -0.2) is 0 Å². The highest BCUT2D eigenvalue weighted by Crippen LogP contribution is 2.13. The molecule has 0 unspecified atom stereocenters. The summed E-state index contributed by atoms with van der Waals surface area (Å²) in [5.41, 5.74) is 1.16. The largest absolute Gasteiger partial charge is 0.341 e. The van der Waals surface area contributed by atoms with Gasteiger partial charge in [-0.05, 0) is 40.2 Å². The summed E-state index contributed by atoms with van der Waals surface area (Å²) in [6.07, 6.45) is 7.48. The Bertz CT molecular complexity index is 437. The van der Waals surface area contributed by atoms with E-state index >= 15 is 0 Å². The number of hydrogen-bond acceptors (Lipinski definition) is 3. The number of amides is 1. The Morgan fingerprint density at radius 1 is 1.40 bits per heavy atom. The molecule has 1 amide bonds. The topological polar surface area (TPSA) is 41.4 Å². The lowest BCUT2D eigenvalue weighted by Gasteiger charge is -2.32. The molecule has 0 aromatic carbocycles. The molecule has 2 rings (SSSR count). The molecule has 1 aliphatic rings. The summed E-state index contributed by atoms with van der Waals surface area (Å²) in [4.78, 5) is 16.6. The van der Waals surface area contributed by atoms with E-state index in [9.17, 15) is 4.79 Å². The second kappa shape index (κ2) is 6.88. The second-order valence-electron chi connectivity index (χ2n) is 5.68. The van der Waals surface area contributed by atoms with Crippen LogP contribution in [0.2, 0.25) is 0 Å². The molecule has 0 aliphatic carbocycles. The molecule has 20 heavy (non-hydrogen) atoms. The van der Waals surface area contributed by atoms with E-state index in [-0.39, 0.29) is 11.9 Å². The Kier molecular flexibility index (Phi) is 5.17. The van der Waals surface area contributed by atoms with Crippen molar-refractivity contribution in [3.8, 4) is 0 Å². The van der Waals surface area contributed by atoms with E-state index < -0.39 is 0 Å². The molecule has 0 radical (unpaired) electrons. The molecule has 1 aromatic heterocycles. The number of nitrogens with zero attached hydrogens (tertiary/aromatic N) is 4. The summed E-state index contributed by atoms with van der Waals surface area (Å²) in [5, 5.41) is 4.28. The first-order chi connectivity index (χ1) is 9.61. The lowest BCUT2D eigenvalue weighted by atomic mass is 10.1. The zero-order valence-electron chi connectivity index (χ0n) is 12.9. The summed E-state index contributed by atoms with van der Waals surface area (Å²) in [6, 6.07) is -0.0712. The summed E-state index contributed by atoms with van der Waals surface area (Å²) in [6.45, 7) is 7.56. The zero-order chi connectivity index (χ0) is 14.5. The molecule has 0 bridgehead atoms. The van der Waals surface area contributed by atoms with Gasteiger partial charge in [-0.1, -0.05) is 0 Å². The second-order valence-corrected chi connectivity index (χ2v) is 5.68. The van der Waals surface area contributed by atoms with Crippen LogP contribution in [0.3, 0.4) is 0 Å². The maximum atomic E-state index is 12.5. The predicted octanol–water partition coefficient (Wildman–Crippen LogP) is 1.74. The summed E-state index contributed by atoms with van der Waals surface area (Å²) < 4.78 is 1.92. The summed E-state index contributed by atoms with van der Waals surface area (Å²) in [7, 11) is 2.01. The van der Waals surface area contributed by atoms with Gasteiger partial charge in [-0.15, -0.1) is 0 Å². The van der Waals surface area contributed by atoms with Crippen LogP contribution in [0, 0.1) is 0 Å². The molecule has 1 fully saturated rings. The fourth-order valence-corrected chi connectivity index (χ4v) is 2.65. The number of hydrogen-bond donors (Lipinski definition) is 0. The third-order valence-electron chi connectivity index (χ3n) is 4.13. The summed E-state index contributed by atoms with van der Waals surface area (Å²) in [5.74, 6) is 0.259. The Morgan fingerprint density at radius 3 is 2.70 bits per heavy atom. The van der Waals surface area contributed by atoms with Crippen LogP contribution in [0.25, 0.3) is 0 Å². The van der Waals surface area contributed by atoms with Crippen molar-refractivity contribution in [1.82, 2.24) is 19.6 Å². The molecule has 0 saturated carbocycles. The van der Waals surface area contributed by atoms with E-state index in [1.165, 1.54) is 6.42 Å². The Morgan fingerprint density at radius 2 is 2.10 bits per heavy atom. The van der Waals surface area contributed by atoms with E-state index in [1.54, 1.807) is 0 Å². The minimum Gasteiger partial charge on any atom is -0.341 e. The number of piperidine rings is 1. The van der Waals surface area contributed by atoms with Crippen LogP contribution in [0.5, 0.6) is 0 Å². The first kappa shape index (κ1) is 15.0. The Balaban J connectivity index is 1.90. The van der Waals surface area contributed by atoms with Crippen molar-refractivity contribution in [3.63, 3.8) is 0 Å². The predicted molar refractivity (Wildman–Crippen MR) is 79.3 cm³/mol. The number of carbonyl (C=O) groups excluding carboxylic acids is 1. The van der Waals surface area contributed by atoms with Gasteiger partial charge in [0.1, 0.15) is 0 Å². The van der Waals surface area contributed by atoms with Gasteiger partial charge in [0.05, 0.1) is 12.2 Å². The average molecular weight is 278 g/mol. The van der Waals surface area contributed by atoms with Crippen LogP contribution in [-0.4, -0.2) is 51.7 Å². The van der Waals surface area contributed by atoms with Gasteiger partial charge in [-0.2, -0.15) is 5.10 Å². The fraction of sp³-hybridized carbons (Fsp3) is 0.733. The molecule has 0 N–H and O–H groups in total. The van der Waals surface area contributed by atoms with E-state index in [0.717, 1.165) is 44.6 Å². The molecule has 112 valence electrons. The SMILES string of the molecule is CCn1cc(CN(C)[C@@H](C)C(=O)N2CCCCC2)cn1. The van der Waals surface area contributed by atoms with Crippen molar-refractivity contribution in [2.75, 3.05) is 20.1 Å². The van der Waals surface area contributed by atoms with Gasteiger partial charge in [0.15, 0.2) is 0 Å². The lowest BCUT2D eigenvalue weighted by Crippen LogP contribution is -2.47. The van der Waals surface area contributed by atoms with Gasteiger partial charge in [0, 0.05) is 37.9 Å². The number of aryl methyl sites for hydroxylation is 1. The minimum absolute atomic E-state index is 0.0712. The number of likely N-dealkylation sites (tertiary alicyclic amines) is 1. The molecule has 1 aromatic rings. The standard InChI is InChI=1S/C15H26N4O/c1-4-19-12-14(10-16-19)11-17(3)13(2)15(20)18-8-6-5-7-9-18/h10,12-13H,4-9,11H2,1-3H3/t13-/m0/s1. The highest BCUT2D eigenvalue weighted by Gasteiger charge is 2.25. The fourth-order valence-electron chi connectivity index (χ4n) is 2.65. The Hall–Kier alpha value is -1.36. The van der Waals surface area contributed by atoms with E-state index in [4.69, 9.17) is 0 Å². The number of aromatic nitrogens is 2. The summed E-state index contributed by atoms with van der Waals surface area (Å²) >= 11 is 0. The normalized spacial score (nSPS) is 17.5. The number of likely N-dealkylation sites (N-methyl/N-ethyl adjacent to an activating group) is 1. The average Bonchev–Trinajstić information content (AvgIpc) is 2.94. The quantitative estimate of drug-likeness (QED) is 0.824. The van der Waals surface area contributed by atoms with Crippen LogP contribution < -0.4 is 0 Å².